The molecule has 0 aromatic carbocycles. The molecule has 1 aromatic rings. The topological polar surface area (TPSA) is 63.5 Å². The van der Waals surface area contributed by atoms with Gasteiger partial charge >= 0.3 is 0 Å². The van der Waals surface area contributed by atoms with Gasteiger partial charge in [0.2, 0.25) is 0 Å². The number of aromatic nitrogens is 2. The summed E-state index contributed by atoms with van der Waals surface area (Å²) in [6.45, 7) is 11.2. The second kappa shape index (κ2) is 15.1. The van der Waals surface area contributed by atoms with Crippen LogP contribution in [0, 0.1) is 13.8 Å². The molecule has 1 unspecified atom stereocenters. The Labute approximate surface area is 201 Å². The summed E-state index contributed by atoms with van der Waals surface area (Å²) in [4.78, 5) is 4.77. The third kappa shape index (κ3) is 9.54. The number of nitrogens with zero attached hydrogens (tertiary/aromatic N) is 3. The highest BCUT2D eigenvalue weighted by molar-refractivity contribution is 14.0. The number of nitrogens with one attached hydrogen (secondary N) is 2. The van der Waals surface area contributed by atoms with E-state index in [-0.39, 0.29) is 24.0 Å². The fourth-order valence-corrected chi connectivity index (χ4v) is 4.09. The van der Waals surface area contributed by atoms with Crippen LogP contribution in [0.2, 0.25) is 0 Å². The van der Waals surface area contributed by atoms with Crippen molar-refractivity contribution in [3.63, 3.8) is 0 Å². The van der Waals surface area contributed by atoms with Gasteiger partial charge in [-0.25, -0.2) is 0 Å². The largest absolute Gasteiger partial charge is 0.378 e. The van der Waals surface area contributed by atoms with Gasteiger partial charge in [-0.15, -0.1) is 24.0 Å². The fraction of sp³-hybridized carbons (Fsp3) is 0.826. The first-order valence-electron chi connectivity index (χ1n) is 11.7. The molecule has 1 aromatic heterocycles. The molecule has 30 heavy (non-hydrogen) atoms. The smallest absolute Gasteiger partial charge is 0.191 e. The SMILES string of the molecule is CCNC(=NCCCCCOC1CCCCC1)NC(C)Cc1c(C)nn(C)c1C.I. The number of ether oxygens (including phenoxy) is 1. The molecule has 1 heterocycles. The van der Waals surface area contributed by atoms with E-state index < -0.39 is 0 Å². The summed E-state index contributed by atoms with van der Waals surface area (Å²) in [5, 5.41) is 11.5. The lowest BCUT2D eigenvalue weighted by atomic mass is 9.98. The molecule has 2 N–H and O–H groups in total. The Hall–Kier alpha value is -0.830. The van der Waals surface area contributed by atoms with Gasteiger partial charge in [-0.1, -0.05) is 19.3 Å². The normalized spacial score (nSPS) is 16.2. The highest BCUT2D eigenvalue weighted by atomic mass is 127. The molecule has 1 fully saturated rings. The zero-order valence-corrected chi connectivity index (χ0v) is 22.1. The molecule has 7 heteroatoms. The number of halogens is 1. The number of aryl methyl sites for hydroxylation is 2. The molecule has 0 bridgehead atoms. The van der Waals surface area contributed by atoms with Crippen molar-refractivity contribution in [1.29, 1.82) is 0 Å². The first kappa shape index (κ1) is 27.2. The molecule has 1 aliphatic rings. The minimum atomic E-state index is 0. The Balaban J connectivity index is 0.00000450. The summed E-state index contributed by atoms with van der Waals surface area (Å²) < 4.78 is 7.98. The van der Waals surface area contributed by atoms with E-state index in [9.17, 15) is 0 Å². The monoisotopic (exact) mass is 533 g/mol. The molecule has 1 saturated carbocycles. The van der Waals surface area contributed by atoms with Crippen molar-refractivity contribution < 1.29 is 4.74 Å². The van der Waals surface area contributed by atoms with Crippen LogP contribution in [0.3, 0.4) is 0 Å². The van der Waals surface area contributed by atoms with Crippen molar-refractivity contribution in [2.75, 3.05) is 19.7 Å². The summed E-state index contributed by atoms with van der Waals surface area (Å²) in [7, 11) is 2.01. The lowest BCUT2D eigenvalue weighted by Crippen LogP contribution is -2.43. The molecular weight excluding hydrogens is 489 g/mol. The Morgan fingerprint density at radius 3 is 2.57 bits per heavy atom. The average molecular weight is 534 g/mol. The van der Waals surface area contributed by atoms with Crippen LogP contribution in [0.15, 0.2) is 4.99 Å². The number of aliphatic imine (C=N–C) groups is 1. The van der Waals surface area contributed by atoms with Crippen molar-refractivity contribution >= 4 is 29.9 Å². The van der Waals surface area contributed by atoms with Crippen LogP contribution < -0.4 is 10.6 Å². The molecule has 0 saturated heterocycles. The highest BCUT2D eigenvalue weighted by Gasteiger charge is 2.14. The maximum absolute atomic E-state index is 6.01. The molecule has 0 spiro atoms. The van der Waals surface area contributed by atoms with Crippen molar-refractivity contribution in [2.24, 2.45) is 12.0 Å². The number of hydrogen-bond acceptors (Lipinski definition) is 3. The van der Waals surface area contributed by atoms with Gasteiger partial charge < -0.3 is 15.4 Å². The van der Waals surface area contributed by atoms with Crippen molar-refractivity contribution in [2.45, 2.75) is 97.6 Å². The third-order valence-corrected chi connectivity index (χ3v) is 5.87. The van der Waals surface area contributed by atoms with Crippen LogP contribution in [-0.2, 0) is 18.2 Å². The van der Waals surface area contributed by atoms with Crippen molar-refractivity contribution in [3.05, 3.63) is 17.0 Å². The summed E-state index contributed by atoms with van der Waals surface area (Å²) >= 11 is 0. The first-order valence-corrected chi connectivity index (χ1v) is 11.7. The average Bonchev–Trinajstić information content (AvgIpc) is 2.94. The summed E-state index contributed by atoms with van der Waals surface area (Å²) in [6, 6.07) is 0.304. The van der Waals surface area contributed by atoms with Crippen LogP contribution >= 0.6 is 24.0 Å². The Morgan fingerprint density at radius 1 is 1.20 bits per heavy atom. The van der Waals surface area contributed by atoms with Gasteiger partial charge in [-0.05, 0) is 71.8 Å². The van der Waals surface area contributed by atoms with Crippen LogP contribution in [0.1, 0.15) is 82.2 Å². The standard InChI is InChI=1S/C23H43N5O.HI/c1-6-24-23(26-18(2)17-22-19(3)27-28(5)20(22)4)25-15-11-8-12-16-29-21-13-9-7-10-14-21;/h18,21H,6-17H2,1-5H3,(H2,24,25,26);1H. The minimum absolute atomic E-state index is 0. The minimum Gasteiger partial charge on any atom is -0.378 e. The highest BCUT2D eigenvalue weighted by Crippen LogP contribution is 2.20. The third-order valence-electron chi connectivity index (χ3n) is 5.87. The lowest BCUT2D eigenvalue weighted by molar-refractivity contribution is 0.0264. The van der Waals surface area contributed by atoms with Gasteiger partial charge in [0, 0.05) is 38.5 Å². The summed E-state index contributed by atoms with van der Waals surface area (Å²) in [6.07, 6.45) is 11.5. The van der Waals surface area contributed by atoms with E-state index in [1.54, 1.807) is 0 Å². The molecule has 0 radical (unpaired) electrons. The molecule has 0 aliphatic heterocycles. The molecule has 1 atom stereocenters. The van der Waals surface area contributed by atoms with E-state index in [1.807, 2.05) is 11.7 Å². The molecular formula is C23H44IN5O. The number of hydrogen-bond donors (Lipinski definition) is 2. The second-order valence-electron chi connectivity index (χ2n) is 8.47. The van der Waals surface area contributed by atoms with Crippen molar-refractivity contribution in [3.8, 4) is 0 Å². The van der Waals surface area contributed by atoms with Crippen LogP contribution in [-0.4, -0.2) is 47.6 Å². The maximum Gasteiger partial charge on any atom is 0.191 e. The zero-order valence-electron chi connectivity index (χ0n) is 19.8. The maximum atomic E-state index is 6.01. The summed E-state index contributed by atoms with van der Waals surface area (Å²) in [5.41, 5.74) is 3.70. The van der Waals surface area contributed by atoms with E-state index >= 15 is 0 Å². The van der Waals surface area contributed by atoms with E-state index in [0.29, 0.717) is 12.1 Å². The Bertz CT molecular complexity index is 625. The van der Waals surface area contributed by atoms with Crippen LogP contribution in [0.25, 0.3) is 0 Å². The second-order valence-corrected chi connectivity index (χ2v) is 8.47. The number of rotatable bonds is 11. The number of guanidine groups is 1. The van der Waals surface area contributed by atoms with Crippen LogP contribution in [0.5, 0.6) is 0 Å². The van der Waals surface area contributed by atoms with Gasteiger partial charge in [-0.3, -0.25) is 9.67 Å². The first-order chi connectivity index (χ1) is 14.0. The van der Waals surface area contributed by atoms with E-state index in [2.05, 4.69) is 43.4 Å². The van der Waals surface area contributed by atoms with Gasteiger partial charge in [0.05, 0.1) is 11.8 Å². The number of unbranched alkanes of at least 4 members (excludes halogenated alkanes) is 2. The quantitative estimate of drug-likeness (QED) is 0.188. The van der Waals surface area contributed by atoms with E-state index in [4.69, 9.17) is 9.73 Å². The van der Waals surface area contributed by atoms with Gasteiger partial charge in [-0.2, -0.15) is 5.10 Å². The van der Waals surface area contributed by atoms with Gasteiger partial charge in [0.25, 0.3) is 0 Å². The Morgan fingerprint density at radius 2 is 1.93 bits per heavy atom. The van der Waals surface area contributed by atoms with E-state index in [0.717, 1.165) is 50.6 Å². The predicted molar refractivity (Wildman–Crippen MR) is 137 cm³/mol. The molecule has 1 aliphatic carbocycles. The predicted octanol–water partition coefficient (Wildman–Crippen LogP) is 4.66. The van der Waals surface area contributed by atoms with Gasteiger partial charge in [0.15, 0.2) is 5.96 Å². The molecule has 2 rings (SSSR count). The molecule has 174 valence electrons. The molecule has 0 amide bonds. The van der Waals surface area contributed by atoms with E-state index in [1.165, 1.54) is 49.8 Å². The Kier molecular flexibility index (Phi) is 13.6. The zero-order chi connectivity index (χ0) is 21.1. The summed E-state index contributed by atoms with van der Waals surface area (Å²) in [5.74, 6) is 0.914. The van der Waals surface area contributed by atoms with Crippen LogP contribution in [0.4, 0.5) is 0 Å². The molecule has 6 nitrogen and oxygen atoms in total. The fourth-order valence-electron chi connectivity index (χ4n) is 4.09. The van der Waals surface area contributed by atoms with Gasteiger partial charge in [0.1, 0.15) is 0 Å². The van der Waals surface area contributed by atoms with Crippen molar-refractivity contribution in [1.82, 2.24) is 20.4 Å². The lowest BCUT2D eigenvalue weighted by Gasteiger charge is -2.21.